The Morgan fingerprint density at radius 3 is 2.78 bits per heavy atom. The van der Waals surface area contributed by atoms with Gasteiger partial charge in [-0.05, 0) is 23.8 Å². The van der Waals surface area contributed by atoms with Crippen LogP contribution in [0.4, 0.5) is 0 Å². The first-order chi connectivity index (χ1) is 11.1. The monoisotopic (exact) mass is 312 g/mol. The van der Waals surface area contributed by atoms with Crippen LogP contribution in [0.3, 0.4) is 0 Å². The van der Waals surface area contributed by atoms with E-state index in [-0.39, 0.29) is 18.9 Å². The predicted molar refractivity (Wildman–Crippen MR) is 83.6 cm³/mol. The first kappa shape index (κ1) is 15.3. The second-order valence-electron chi connectivity index (χ2n) is 5.69. The van der Waals surface area contributed by atoms with Crippen LogP contribution >= 0.6 is 0 Å². The molecule has 1 atom stereocenters. The van der Waals surface area contributed by atoms with Crippen LogP contribution in [0.15, 0.2) is 36.4 Å². The Hall–Kier alpha value is -2.56. The van der Waals surface area contributed by atoms with Gasteiger partial charge in [0.05, 0.1) is 6.61 Å². The van der Waals surface area contributed by atoms with E-state index in [1.54, 1.807) is 4.90 Å². The summed E-state index contributed by atoms with van der Waals surface area (Å²) in [5, 5.41) is 13.1. The maximum absolute atomic E-state index is 12.1. The highest BCUT2D eigenvalue weighted by molar-refractivity contribution is 5.89. The van der Waals surface area contributed by atoms with Crippen LogP contribution in [0.25, 0.3) is 10.8 Å². The number of amides is 1. The molecule has 0 aromatic heterocycles. The zero-order valence-corrected chi connectivity index (χ0v) is 13.0. The molecule has 0 bridgehead atoms. The van der Waals surface area contributed by atoms with Crippen LogP contribution in [0.1, 0.15) is 18.9 Å². The van der Waals surface area contributed by atoms with Crippen molar-refractivity contribution in [2.45, 2.75) is 19.9 Å². The molecule has 1 aliphatic rings. The Kier molecular flexibility index (Phi) is 4.19. The van der Waals surface area contributed by atoms with Crippen molar-refractivity contribution in [1.29, 1.82) is 0 Å². The second kappa shape index (κ2) is 6.28. The molecule has 1 amide bonds. The Morgan fingerprint density at radius 2 is 2.09 bits per heavy atom. The molecule has 23 heavy (non-hydrogen) atoms. The average molecular weight is 312 g/mol. The molecule has 0 unspecified atom stereocenters. The molecule has 0 N–H and O–H groups in total. The molecule has 0 aliphatic carbocycles. The number of likely N-dealkylation sites (tertiary alicyclic amines) is 1. The summed E-state index contributed by atoms with van der Waals surface area (Å²) in [6.45, 7) is 2.97. The van der Waals surface area contributed by atoms with E-state index < -0.39 is 11.9 Å². The van der Waals surface area contributed by atoms with Crippen LogP contribution in [0, 0.1) is 5.92 Å². The van der Waals surface area contributed by atoms with Crippen LogP contribution in [-0.4, -0.2) is 29.9 Å². The van der Waals surface area contributed by atoms with Gasteiger partial charge in [0.25, 0.3) is 0 Å². The van der Waals surface area contributed by atoms with Crippen molar-refractivity contribution in [3.63, 3.8) is 0 Å². The third-order valence-electron chi connectivity index (χ3n) is 4.19. The number of aliphatic carboxylic acids is 1. The molecule has 5 nitrogen and oxygen atoms in total. The van der Waals surface area contributed by atoms with Crippen LogP contribution in [0.2, 0.25) is 0 Å². The van der Waals surface area contributed by atoms with Gasteiger partial charge in [0.1, 0.15) is 5.75 Å². The van der Waals surface area contributed by atoms with Gasteiger partial charge in [0, 0.05) is 37.0 Å². The van der Waals surface area contributed by atoms with Gasteiger partial charge in [-0.2, -0.15) is 0 Å². The van der Waals surface area contributed by atoms with Crippen molar-refractivity contribution in [1.82, 2.24) is 4.90 Å². The average Bonchev–Trinajstić information content (AvgIpc) is 2.91. The summed E-state index contributed by atoms with van der Waals surface area (Å²) in [6, 6.07) is 11.8. The van der Waals surface area contributed by atoms with E-state index in [1.807, 2.05) is 43.3 Å². The number of carbonyl (C=O) groups is 2. The van der Waals surface area contributed by atoms with Gasteiger partial charge in [-0.15, -0.1) is 0 Å². The number of rotatable bonds is 5. The fraction of sp³-hybridized carbons (Fsp3) is 0.333. The van der Waals surface area contributed by atoms with Crippen molar-refractivity contribution in [2.75, 3.05) is 13.2 Å². The zero-order chi connectivity index (χ0) is 16.4. The highest BCUT2D eigenvalue weighted by atomic mass is 16.5. The van der Waals surface area contributed by atoms with Crippen molar-refractivity contribution in [3.05, 3.63) is 42.0 Å². The molecule has 3 rings (SSSR count). The maximum Gasteiger partial charge on any atom is 0.223 e. The van der Waals surface area contributed by atoms with E-state index >= 15 is 0 Å². The number of benzene rings is 2. The number of carboxylic acid groups (broad SMARTS) is 1. The summed E-state index contributed by atoms with van der Waals surface area (Å²) in [4.78, 5) is 24.7. The molecule has 1 saturated heterocycles. The first-order valence-electron chi connectivity index (χ1n) is 7.72. The largest absolute Gasteiger partial charge is 0.550 e. The molecule has 2 aromatic rings. The summed E-state index contributed by atoms with van der Waals surface area (Å²) in [6.07, 6.45) is 0.0110. The van der Waals surface area contributed by atoms with Crippen molar-refractivity contribution >= 4 is 22.6 Å². The summed E-state index contributed by atoms with van der Waals surface area (Å²) < 4.78 is 5.70. The molecule has 0 saturated carbocycles. The van der Waals surface area contributed by atoms with Crippen molar-refractivity contribution in [2.24, 2.45) is 5.92 Å². The first-order valence-corrected chi connectivity index (χ1v) is 7.72. The van der Waals surface area contributed by atoms with Crippen molar-refractivity contribution < 1.29 is 19.4 Å². The Labute approximate surface area is 134 Å². The van der Waals surface area contributed by atoms with E-state index in [0.29, 0.717) is 13.2 Å². The normalized spacial score (nSPS) is 17.7. The fourth-order valence-electron chi connectivity index (χ4n) is 3.04. The molecule has 1 aliphatic heterocycles. The number of hydrogen-bond acceptors (Lipinski definition) is 4. The number of nitrogens with zero attached hydrogens (tertiary/aromatic N) is 1. The second-order valence-corrected chi connectivity index (χ2v) is 5.69. The Balaban J connectivity index is 1.96. The maximum atomic E-state index is 12.1. The highest BCUT2D eigenvalue weighted by Crippen LogP contribution is 2.31. The fourth-order valence-corrected chi connectivity index (χ4v) is 3.04. The molecule has 0 spiro atoms. The smallest absolute Gasteiger partial charge is 0.223 e. The van der Waals surface area contributed by atoms with E-state index in [4.69, 9.17) is 4.74 Å². The molecule has 0 radical (unpaired) electrons. The Morgan fingerprint density at radius 1 is 1.30 bits per heavy atom. The Bertz CT molecular complexity index is 756. The van der Waals surface area contributed by atoms with Gasteiger partial charge < -0.3 is 19.5 Å². The van der Waals surface area contributed by atoms with E-state index in [9.17, 15) is 14.7 Å². The lowest BCUT2D eigenvalue weighted by molar-refractivity contribution is -0.311. The summed E-state index contributed by atoms with van der Waals surface area (Å²) in [5.41, 5.74) is 0.914. The van der Waals surface area contributed by atoms with Gasteiger partial charge >= 0.3 is 0 Å². The number of fused-ring (bicyclic) bond motifs is 1. The van der Waals surface area contributed by atoms with Gasteiger partial charge in [-0.25, -0.2) is 0 Å². The van der Waals surface area contributed by atoms with Gasteiger partial charge in [0.15, 0.2) is 0 Å². The van der Waals surface area contributed by atoms with E-state index in [0.717, 1.165) is 22.1 Å². The zero-order valence-electron chi connectivity index (χ0n) is 13.0. The standard InChI is InChI=1S/C18H19NO4/c1-2-23-16-8-7-12-5-3-4-6-14(12)15(16)11-19-10-13(18(21)22)9-17(19)20/h3-8,13H,2,9-11H2,1H3,(H,21,22)/p-1/t13-/m1/s1. The lowest BCUT2D eigenvalue weighted by Crippen LogP contribution is -2.33. The third-order valence-corrected chi connectivity index (χ3v) is 4.19. The minimum atomic E-state index is -1.16. The molecular weight excluding hydrogens is 294 g/mol. The van der Waals surface area contributed by atoms with Crippen LogP contribution in [0.5, 0.6) is 5.75 Å². The molecule has 1 heterocycles. The van der Waals surface area contributed by atoms with Crippen LogP contribution in [-0.2, 0) is 16.1 Å². The van der Waals surface area contributed by atoms with Crippen molar-refractivity contribution in [3.8, 4) is 5.75 Å². The number of hydrogen-bond donors (Lipinski definition) is 0. The topological polar surface area (TPSA) is 69.7 Å². The SMILES string of the molecule is CCOc1ccc2ccccc2c1CN1C[C@H](C(=O)[O-])CC1=O. The summed E-state index contributed by atoms with van der Waals surface area (Å²) in [5.74, 6) is -1.32. The lowest BCUT2D eigenvalue weighted by Gasteiger charge is -2.21. The number of carboxylic acids is 1. The minimum Gasteiger partial charge on any atom is -0.550 e. The number of ether oxygens (including phenoxy) is 1. The quantitative estimate of drug-likeness (QED) is 0.835. The molecular formula is C18H18NO4-. The van der Waals surface area contributed by atoms with Gasteiger partial charge in [0.2, 0.25) is 5.91 Å². The summed E-state index contributed by atoms with van der Waals surface area (Å²) in [7, 11) is 0. The van der Waals surface area contributed by atoms with E-state index in [2.05, 4.69) is 0 Å². The van der Waals surface area contributed by atoms with Crippen LogP contribution < -0.4 is 9.84 Å². The minimum absolute atomic E-state index is 0.0110. The molecule has 5 heteroatoms. The highest BCUT2D eigenvalue weighted by Gasteiger charge is 2.31. The van der Waals surface area contributed by atoms with Gasteiger partial charge in [-0.1, -0.05) is 30.3 Å². The van der Waals surface area contributed by atoms with Gasteiger partial charge in [-0.3, -0.25) is 4.79 Å². The molecule has 120 valence electrons. The lowest BCUT2D eigenvalue weighted by atomic mass is 10.0. The molecule has 2 aromatic carbocycles. The predicted octanol–water partition coefficient (Wildman–Crippen LogP) is 1.34. The summed E-state index contributed by atoms with van der Waals surface area (Å²) >= 11 is 0. The van der Waals surface area contributed by atoms with E-state index in [1.165, 1.54) is 0 Å². The molecule has 1 fully saturated rings. The third kappa shape index (κ3) is 2.99. The number of carbonyl (C=O) groups excluding carboxylic acids is 2.